The average molecular weight is 894 g/mol. The molecular weight excluding hydrogens is 841 g/mol. The fraction of sp³-hybridized carbons (Fsp3) is 0.750. The number of aromatic amines is 1. The first-order chi connectivity index (χ1) is 26.2. The maximum atomic E-state index is 14.5. The van der Waals surface area contributed by atoms with Crippen molar-refractivity contribution < 1.29 is 45.3 Å². The van der Waals surface area contributed by atoms with E-state index < -0.39 is 78.6 Å². The van der Waals surface area contributed by atoms with Gasteiger partial charge in [-0.2, -0.15) is 0 Å². The van der Waals surface area contributed by atoms with Crippen molar-refractivity contribution in [1.29, 1.82) is 0 Å². The highest BCUT2D eigenvalue weighted by Gasteiger charge is 2.60. The van der Waals surface area contributed by atoms with Gasteiger partial charge in [-0.3, -0.25) is 13.8 Å². The van der Waals surface area contributed by atoms with Crippen molar-refractivity contribution in [1.82, 2.24) is 34.9 Å². The molecule has 1 aliphatic heterocycles. The van der Waals surface area contributed by atoms with Gasteiger partial charge in [-0.05, 0) is 35.0 Å². The highest BCUT2D eigenvalue weighted by atomic mass is 32.7. The standard InChI is InChI=1S/C32H53N7O11P2S2Si2/c1-18(2)55(43,19(3)4)50-56(20(5)6,21(7)8)49-29-23-12-25(39-31-28(37-38-39)32(40)36-17-35-31)30(29)48-52(42,54)44-14-22-11-24(46-27-9-10-33-16-34-27)13-26(22)47-51(41,53)45-15-23/h9-10,16-26,29-30,43H,11-15H2,1-8H3,(H,41,53)(H,42,54)(H,35,36,40)/t22-,23?,24-,25-,26+,29-,30+,51+,52-/m1/s1. The van der Waals surface area contributed by atoms with Crippen molar-refractivity contribution in [2.75, 3.05) is 13.2 Å². The monoisotopic (exact) mass is 893 g/mol. The van der Waals surface area contributed by atoms with Crippen LogP contribution in [0.1, 0.15) is 80.7 Å². The first-order valence-electron chi connectivity index (χ1n) is 18.9. The lowest BCUT2D eigenvalue weighted by atomic mass is 10.1. The summed E-state index contributed by atoms with van der Waals surface area (Å²) in [6, 6.07) is 0.806. The summed E-state index contributed by atoms with van der Waals surface area (Å²) < 4.78 is 75.2. The first-order valence-corrected chi connectivity index (χ1v) is 28.3. The minimum absolute atomic E-state index is 0.0104. The number of hydrogen-bond acceptors (Lipinski definition) is 16. The molecule has 2 bridgehead atoms. The lowest BCUT2D eigenvalue weighted by Gasteiger charge is -2.48. The number of fused-ring (bicyclic) bond motifs is 4. The summed E-state index contributed by atoms with van der Waals surface area (Å²) in [6.45, 7) is 7.12. The van der Waals surface area contributed by atoms with Crippen LogP contribution < -0.4 is 10.3 Å². The van der Waals surface area contributed by atoms with E-state index >= 15 is 0 Å². The Morgan fingerprint density at radius 3 is 2.21 bits per heavy atom. The maximum Gasteiger partial charge on any atom is 0.386 e. The van der Waals surface area contributed by atoms with Crippen molar-refractivity contribution in [2.24, 2.45) is 11.8 Å². The van der Waals surface area contributed by atoms with E-state index in [1.54, 1.807) is 12.3 Å². The van der Waals surface area contributed by atoms with Crippen molar-refractivity contribution in [3.8, 4) is 5.88 Å². The third-order valence-corrected chi connectivity index (χ3v) is 24.1. The van der Waals surface area contributed by atoms with Gasteiger partial charge in [0.05, 0.1) is 37.8 Å². The largest absolute Gasteiger partial charge is 0.474 e. The molecule has 0 amide bonds. The van der Waals surface area contributed by atoms with Gasteiger partial charge in [0.2, 0.25) is 5.88 Å². The quantitative estimate of drug-likeness (QED) is 0.0912. The second kappa shape index (κ2) is 17.2. The third kappa shape index (κ3) is 9.27. The van der Waals surface area contributed by atoms with Crippen LogP contribution in [-0.4, -0.2) is 94.5 Å². The minimum Gasteiger partial charge on any atom is -0.474 e. The van der Waals surface area contributed by atoms with Gasteiger partial charge < -0.3 is 32.1 Å². The zero-order chi connectivity index (χ0) is 40.8. The normalized spacial score (nSPS) is 32.2. The summed E-state index contributed by atoms with van der Waals surface area (Å²) in [6.07, 6.45) is 1.78. The Labute approximate surface area is 338 Å². The predicted octanol–water partition coefficient (Wildman–Crippen LogP) is 6.53. The number of thiol groups is 2. The van der Waals surface area contributed by atoms with Crippen LogP contribution in [0, 0.1) is 11.8 Å². The number of ether oxygens (including phenoxy) is 1. The fourth-order valence-corrected chi connectivity index (χ4v) is 21.2. The molecule has 18 nitrogen and oxygen atoms in total. The number of nitrogens with one attached hydrogen (secondary N) is 1. The van der Waals surface area contributed by atoms with Gasteiger partial charge in [-0.15, -0.1) is 5.10 Å². The third-order valence-electron chi connectivity index (χ3n) is 11.1. The van der Waals surface area contributed by atoms with E-state index in [0.717, 1.165) is 0 Å². The van der Waals surface area contributed by atoms with Gasteiger partial charge in [-0.1, -0.05) is 85.1 Å². The first kappa shape index (κ1) is 44.0. The molecule has 3 aromatic heterocycles. The van der Waals surface area contributed by atoms with Crippen LogP contribution in [0.15, 0.2) is 29.7 Å². The number of hydrogen-bond donors (Lipinski definition) is 4. The van der Waals surface area contributed by atoms with Crippen LogP contribution in [0.4, 0.5) is 0 Å². The molecule has 3 fully saturated rings. The molecule has 1 saturated heterocycles. The molecule has 3 aliphatic rings. The van der Waals surface area contributed by atoms with Crippen LogP contribution >= 0.6 is 38.1 Å². The second-order valence-electron chi connectivity index (χ2n) is 16.0. The van der Waals surface area contributed by atoms with E-state index in [9.17, 15) is 18.7 Å². The zero-order valence-electron chi connectivity index (χ0n) is 32.7. The van der Waals surface area contributed by atoms with Crippen LogP contribution in [0.25, 0.3) is 11.2 Å². The molecule has 2 N–H and O–H groups in total. The summed E-state index contributed by atoms with van der Waals surface area (Å²) >= 11 is 8.90. The van der Waals surface area contributed by atoms with Crippen LogP contribution in [0.5, 0.6) is 5.88 Å². The molecule has 2 aliphatic carbocycles. The van der Waals surface area contributed by atoms with E-state index in [1.807, 2.05) is 55.4 Å². The van der Waals surface area contributed by atoms with Gasteiger partial charge in [0.1, 0.15) is 18.5 Å². The molecule has 6 rings (SSSR count). The molecule has 0 radical (unpaired) electrons. The Kier molecular flexibility index (Phi) is 13.5. The number of H-pyrrole nitrogens is 1. The molecule has 9 atom stereocenters. The molecule has 0 aromatic carbocycles. The molecule has 3 aromatic rings. The zero-order valence-corrected chi connectivity index (χ0v) is 38.3. The highest BCUT2D eigenvalue weighted by Crippen LogP contribution is 2.62. The number of nitrogens with zero attached hydrogens (tertiary/aromatic N) is 6. The van der Waals surface area contributed by atoms with Crippen LogP contribution in [-0.2, 0) is 35.8 Å². The molecule has 1 unspecified atom stereocenters. The van der Waals surface area contributed by atoms with Crippen LogP contribution in [0.3, 0.4) is 0 Å². The SMILES string of the molecule is CC(C)[Si](O)(O[Si](O[C@@H]1C2CO[P@](=O)(S)O[C@H]3C[C@H](Oc4ccncn4)C[C@@H]3CO[P@@](=O)(S)O[C@H]1[C@H](n1nnc3c(=O)[nH]cnc31)C2)(C(C)C)C(C)C)C(C)C. The minimum atomic E-state index is -4.25. The maximum absolute atomic E-state index is 14.5. The van der Waals surface area contributed by atoms with Crippen LogP contribution in [0.2, 0.25) is 22.2 Å². The molecular formula is C32H53N7O11P2S2Si2. The summed E-state index contributed by atoms with van der Waals surface area (Å²) in [4.78, 5) is 39.9. The lowest BCUT2D eigenvalue weighted by molar-refractivity contribution is -0.00206. The highest BCUT2D eigenvalue weighted by molar-refractivity contribution is 8.44. The van der Waals surface area contributed by atoms with E-state index in [1.165, 1.54) is 17.3 Å². The molecule has 312 valence electrons. The van der Waals surface area contributed by atoms with Gasteiger partial charge in [0, 0.05) is 30.5 Å². The van der Waals surface area contributed by atoms with E-state index in [-0.39, 0.29) is 53.0 Å². The van der Waals surface area contributed by atoms with Gasteiger partial charge >= 0.3 is 30.7 Å². The van der Waals surface area contributed by atoms with E-state index in [0.29, 0.717) is 18.7 Å². The van der Waals surface area contributed by atoms with Crippen molar-refractivity contribution in [2.45, 2.75) is 127 Å². The van der Waals surface area contributed by atoms with Crippen molar-refractivity contribution in [3.63, 3.8) is 0 Å². The van der Waals surface area contributed by atoms with Crippen molar-refractivity contribution >= 4 is 66.4 Å². The Balaban J connectivity index is 1.42. The average Bonchev–Trinajstić information content (AvgIpc) is 3.81. The van der Waals surface area contributed by atoms with Gasteiger partial charge in [0.15, 0.2) is 11.2 Å². The summed E-state index contributed by atoms with van der Waals surface area (Å²) in [7, 11) is -6.94. The topological polar surface area (TPSA) is 221 Å². The Morgan fingerprint density at radius 1 is 0.929 bits per heavy atom. The summed E-state index contributed by atoms with van der Waals surface area (Å²) in [5, 5.41) is 8.41. The molecule has 4 heterocycles. The molecule has 0 spiro atoms. The summed E-state index contributed by atoms with van der Waals surface area (Å²) in [5.41, 5.74) is -1.08. The summed E-state index contributed by atoms with van der Waals surface area (Å²) in [5.74, 6) is -0.761. The second-order valence-corrected chi connectivity index (χ2v) is 30.4. The lowest BCUT2D eigenvalue weighted by Crippen LogP contribution is -2.62. The molecule has 24 heteroatoms. The molecule has 56 heavy (non-hydrogen) atoms. The Bertz CT molecular complexity index is 1970. The fourth-order valence-electron chi connectivity index (χ4n) is 8.05. The predicted molar refractivity (Wildman–Crippen MR) is 217 cm³/mol. The molecule has 2 saturated carbocycles. The van der Waals surface area contributed by atoms with E-state index in [2.05, 4.69) is 54.7 Å². The number of rotatable bonds is 11. The Hall–Kier alpha value is -1.53. The smallest absolute Gasteiger partial charge is 0.386 e. The number of aromatic nitrogens is 7. The van der Waals surface area contributed by atoms with Gasteiger partial charge in [0.25, 0.3) is 5.56 Å². The van der Waals surface area contributed by atoms with Gasteiger partial charge in [-0.25, -0.2) is 28.8 Å². The van der Waals surface area contributed by atoms with Crippen molar-refractivity contribution in [3.05, 3.63) is 35.3 Å². The van der Waals surface area contributed by atoms with E-state index in [4.69, 9.17) is 31.4 Å². The Morgan fingerprint density at radius 2 is 1.59 bits per heavy atom.